The fourth-order valence-corrected chi connectivity index (χ4v) is 5.31. The van der Waals surface area contributed by atoms with E-state index in [9.17, 15) is 26.3 Å². The maximum Gasteiger partial charge on any atom is 0.160 e. The van der Waals surface area contributed by atoms with Gasteiger partial charge < -0.3 is 4.57 Å². The maximum absolute atomic E-state index is 14.2. The van der Waals surface area contributed by atoms with E-state index < -0.39 is 34.9 Å². The summed E-state index contributed by atoms with van der Waals surface area (Å²) in [6.45, 7) is 0. The van der Waals surface area contributed by atoms with Gasteiger partial charge in [-0.05, 0) is 78.9 Å². The quantitative estimate of drug-likeness (QED) is 0.194. The third kappa shape index (κ3) is 4.88. The van der Waals surface area contributed by atoms with Crippen molar-refractivity contribution in [1.82, 2.24) is 14.5 Å². The standard InChI is InChI=1S/C34H17F6N3/c35-21-4-6-32-28(15-21)29-16-22(36)5-7-33(29)43(32)27-3-1-2-18(12-27)30-17-31(19-8-23(37)13-24(38)9-19)42-34(41-30)20-10-25(39)14-26(40)11-20/h1-17H. The Bertz CT molecular complexity index is 2050. The van der Waals surface area contributed by atoms with Gasteiger partial charge in [0.1, 0.15) is 34.9 Å². The van der Waals surface area contributed by atoms with Crippen molar-refractivity contribution < 1.29 is 26.3 Å². The van der Waals surface area contributed by atoms with Crippen LogP contribution < -0.4 is 0 Å². The predicted molar refractivity (Wildman–Crippen MR) is 152 cm³/mol. The van der Waals surface area contributed by atoms with Gasteiger partial charge >= 0.3 is 0 Å². The topological polar surface area (TPSA) is 30.7 Å². The maximum atomic E-state index is 14.2. The fourth-order valence-electron chi connectivity index (χ4n) is 5.31. The number of halogens is 6. The molecule has 7 rings (SSSR count). The average Bonchev–Trinajstić information content (AvgIpc) is 3.28. The van der Waals surface area contributed by atoms with E-state index in [1.54, 1.807) is 30.3 Å². The van der Waals surface area contributed by atoms with Crippen molar-refractivity contribution in [1.29, 1.82) is 0 Å². The zero-order valence-electron chi connectivity index (χ0n) is 21.9. The number of hydrogen-bond acceptors (Lipinski definition) is 2. The number of aromatic nitrogens is 3. The van der Waals surface area contributed by atoms with Crippen LogP contribution in [0.25, 0.3) is 61.4 Å². The van der Waals surface area contributed by atoms with E-state index >= 15 is 0 Å². The molecule has 0 unspecified atom stereocenters. The highest BCUT2D eigenvalue weighted by Gasteiger charge is 2.17. The van der Waals surface area contributed by atoms with E-state index in [0.29, 0.717) is 44.8 Å². The van der Waals surface area contributed by atoms with E-state index in [2.05, 4.69) is 9.97 Å². The van der Waals surface area contributed by atoms with Crippen LogP contribution >= 0.6 is 0 Å². The summed E-state index contributed by atoms with van der Waals surface area (Å²) in [4.78, 5) is 8.94. The highest BCUT2D eigenvalue weighted by molar-refractivity contribution is 6.09. The van der Waals surface area contributed by atoms with Crippen LogP contribution in [0.2, 0.25) is 0 Å². The van der Waals surface area contributed by atoms with Gasteiger partial charge in [0.15, 0.2) is 5.82 Å². The number of nitrogens with zero attached hydrogens (tertiary/aromatic N) is 3. The van der Waals surface area contributed by atoms with Crippen LogP contribution in [-0.2, 0) is 0 Å². The molecule has 3 nitrogen and oxygen atoms in total. The monoisotopic (exact) mass is 581 g/mol. The molecule has 0 saturated carbocycles. The molecule has 9 heteroatoms. The van der Waals surface area contributed by atoms with Crippen LogP contribution in [0.3, 0.4) is 0 Å². The van der Waals surface area contributed by atoms with E-state index in [4.69, 9.17) is 0 Å². The molecule has 2 aromatic heterocycles. The lowest BCUT2D eigenvalue weighted by Gasteiger charge is -2.12. The first-order chi connectivity index (χ1) is 20.7. The minimum Gasteiger partial charge on any atom is -0.309 e. The Morgan fingerprint density at radius 3 is 1.49 bits per heavy atom. The molecule has 0 amide bonds. The fraction of sp³-hybridized carbons (Fsp3) is 0. The van der Waals surface area contributed by atoms with Gasteiger partial charge in [0.05, 0.1) is 22.4 Å². The highest BCUT2D eigenvalue weighted by atomic mass is 19.2. The lowest BCUT2D eigenvalue weighted by atomic mass is 10.1. The molecule has 210 valence electrons. The van der Waals surface area contributed by atoms with Gasteiger partial charge in [-0.3, -0.25) is 0 Å². The second-order valence-corrected chi connectivity index (χ2v) is 9.99. The van der Waals surface area contributed by atoms with Crippen molar-refractivity contribution in [2.75, 3.05) is 0 Å². The average molecular weight is 582 g/mol. The first kappa shape index (κ1) is 26.5. The van der Waals surface area contributed by atoms with Crippen molar-refractivity contribution in [3.05, 3.63) is 138 Å². The molecule has 43 heavy (non-hydrogen) atoms. The molecule has 0 aliphatic rings. The molecular formula is C34H17F6N3. The van der Waals surface area contributed by atoms with Gasteiger partial charge in [-0.1, -0.05) is 12.1 Å². The first-order valence-corrected chi connectivity index (χ1v) is 13.0. The van der Waals surface area contributed by atoms with Crippen molar-refractivity contribution in [2.24, 2.45) is 0 Å². The van der Waals surface area contributed by atoms with Crippen LogP contribution in [0.5, 0.6) is 0 Å². The third-order valence-electron chi connectivity index (χ3n) is 7.09. The Kier molecular flexibility index (Phi) is 6.23. The van der Waals surface area contributed by atoms with Crippen molar-refractivity contribution in [2.45, 2.75) is 0 Å². The van der Waals surface area contributed by atoms with Crippen LogP contribution in [0.15, 0.2) is 103 Å². The normalized spacial score (nSPS) is 11.5. The molecule has 0 fully saturated rings. The SMILES string of the molecule is Fc1cc(F)cc(-c2cc(-c3cccc(-n4c5ccc(F)cc5c5cc(F)ccc54)c3)nc(-c3cc(F)cc(F)c3)n2)c1. The Balaban J connectivity index is 1.45. The van der Waals surface area contributed by atoms with Crippen LogP contribution in [0.1, 0.15) is 0 Å². The number of benzene rings is 5. The van der Waals surface area contributed by atoms with Crippen LogP contribution in [0, 0.1) is 34.9 Å². The molecule has 5 aromatic carbocycles. The summed E-state index contributed by atoms with van der Waals surface area (Å²) >= 11 is 0. The minimum absolute atomic E-state index is 0.0279. The van der Waals surface area contributed by atoms with Gasteiger partial charge in [-0.25, -0.2) is 36.3 Å². The van der Waals surface area contributed by atoms with Gasteiger partial charge in [-0.2, -0.15) is 0 Å². The summed E-state index contributed by atoms with van der Waals surface area (Å²) in [5.74, 6) is -4.33. The van der Waals surface area contributed by atoms with Gasteiger partial charge in [0, 0.05) is 45.3 Å². The summed E-state index contributed by atoms with van der Waals surface area (Å²) in [7, 11) is 0. The number of fused-ring (bicyclic) bond motifs is 3. The second-order valence-electron chi connectivity index (χ2n) is 9.99. The summed E-state index contributed by atoms with van der Waals surface area (Å²) in [6, 6.07) is 22.9. The molecule has 0 N–H and O–H groups in total. The molecule has 0 bridgehead atoms. The Labute approximate surface area is 240 Å². The molecule has 0 atom stereocenters. The highest BCUT2D eigenvalue weighted by Crippen LogP contribution is 2.35. The van der Waals surface area contributed by atoms with Gasteiger partial charge in [0.25, 0.3) is 0 Å². The minimum atomic E-state index is -0.844. The Hall–Kier alpha value is -5.44. The molecule has 0 aliphatic carbocycles. The molecule has 0 aliphatic heterocycles. The van der Waals surface area contributed by atoms with E-state index in [-0.39, 0.29) is 22.6 Å². The third-order valence-corrected chi connectivity index (χ3v) is 7.09. The Morgan fingerprint density at radius 2 is 0.930 bits per heavy atom. The smallest absolute Gasteiger partial charge is 0.160 e. The zero-order valence-corrected chi connectivity index (χ0v) is 21.9. The molecule has 7 aromatic rings. The lowest BCUT2D eigenvalue weighted by molar-refractivity contribution is 0.583. The predicted octanol–water partition coefficient (Wildman–Crippen LogP) is 9.41. The molecule has 0 spiro atoms. The lowest BCUT2D eigenvalue weighted by Crippen LogP contribution is -1.99. The van der Waals surface area contributed by atoms with E-state index in [1.807, 2.05) is 10.6 Å². The Morgan fingerprint density at radius 1 is 0.419 bits per heavy atom. The van der Waals surface area contributed by atoms with Crippen molar-refractivity contribution >= 4 is 21.8 Å². The first-order valence-electron chi connectivity index (χ1n) is 13.0. The summed E-state index contributed by atoms with van der Waals surface area (Å²) in [6.07, 6.45) is 0. The molecular weight excluding hydrogens is 564 g/mol. The largest absolute Gasteiger partial charge is 0.309 e. The zero-order chi connectivity index (χ0) is 29.8. The summed E-state index contributed by atoms with van der Waals surface area (Å²) in [5, 5.41) is 1.04. The van der Waals surface area contributed by atoms with Crippen molar-refractivity contribution in [3.63, 3.8) is 0 Å². The molecule has 0 saturated heterocycles. The van der Waals surface area contributed by atoms with Crippen molar-refractivity contribution in [3.8, 4) is 39.6 Å². The van der Waals surface area contributed by atoms with E-state index in [0.717, 1.165) is 30.3 Å². The second kappa shape index (κ2) is 10.1. The van der Waals surface area contributed by atoms with Crippen LogP contribution in [0.4, 0.5) is 26.3 Å². The van der Waals surface area contributed by atoms with E-state index in [1.165, 1.54) is 30.3 Å². The van der Waals surface area contributed by atoms with Crippen LogP contribution in [-0.4, -0.2) is 14.5 Å². The molecule has 2 heterocycles. The molecule has 0 radical (unpaired) electrons. The summed E-state index contributed by atoms with van der Waals surface area (Å²) in [5.41, 5.74) is 2.98. The van der Waals surface area contributed by atoms with Gasteiger partial charge in [0.2, 0.25) is 0 Å². The number of rotatable bonds is 4. The van der Waals surface area contributed by atoms with Gasteiger partial charge in [-0.15, -0.1) is 0 Å². The summed E-state index contributed by atoms with van der Waals surface area (Å²) < 4.78 is 86.8. The number of hydrogen-bond donors (Lipinski definition) is 0.